The van der Waals surface area contributed by atoms with Gasteiger partial charge in [0.05, 0.1) is 4.88 Å². The lowest BCUT2D eigenvalue weighted by Crippen LogP contribution is -2.39. The van der Waals surface area contributed by atoms with Gasteiger partial charge in [-0.15, -0.1) is 11.3 Å². The number of hydrogen-bond acceptors (Lipinski definition) is 3. The van der Waals surface area contributed by atoms with E-state index in [4.69, 9.17) is 0 Å². The first-order chi connectivity index (χ1) is 10.7. The highest BCUT2D eigenvalue weighted by atomic mass is 32.1. The highest BCUT2D eigenvalue weighted by Crippen LogP contribution is 2.41. The molecule has 0 radical (unpaired) electrons. The number of hydrogen-bond donors (Lipinski definition) is 0. The predicted molar refractivity (Wildman–Crippen MR) is 87.4 cm³/mol. The third-order valence-electron chi connectivity index (χ3n) is 4.80. The molecule has 0 N–H and O–H groups in total. The molecule has 22 heavy (non-hydrogen) atoms. The lowest BCUT2D eigenvalue weighted by atomic mass is 10.0. The van der Waals surface area contributed by atoms with Crippen molar-refractivity contribution in [1.29, 1.82) is 0 Å². The molecule has 4 nitrogen and oxygen atoms in total. The van der Waals surface area contributed by atoms with Crippen LogP contribution in [-0.2, 0) is 0 Å². The Kier molecular flexibility index (Phi) is 3.53. The van der Waals surface area contributed by atoms with Gasteiger partial charge < -0.3 is 9.47 Å². The van der Waals surface area contributed by atoms with Crippen LogP contribution in [-0.4, -0.2) is 33.4 Å². The number of carbonyl (C=O) groups is 1. The Morgan fingerprint density at radius 2 is 2.05 bits per heavy atom. The molecule has 1 aliphatic carbocycles. The van der Waals surface area contributed by atoms with E-state index in [9.17, 15) is 4.79 Å². The van der Waals surface area contributed by atoms with E-state index in [2.05, 4.69) is 16.5 Å². The van der Waals surface area contributed by atoms with Gasteiger partial charge >= 0.3 is 0 Å². The fourth-order valence-electron chi connectivity index (χ4n) is 3.47. The molecule has 0 spiro atoms. The van der Waals surface area contributed by atoms with Crippen molar-refractivity contribution in [3.63, 3.8) is 0 Å². The minimum atomic E-state index is 0.193. The molecule has 2 aromatic heterocycles. The van der Waals surface area contributed by atoms with E-state index in [1.165, 1.54) is 35.7 Å². The lowest BCUT2D eigenvalue weighted by molar-refractivity contribution is 0.0698. The van der Waals surface area contributed by atoms with Gasteiger partial charge in [-0.25, -0.2) is 4.98 Å². The van der Waals surface area contributed by atoms with Gasteiger partial charge in [-0.05, 0) is 44.1 Å². The first-order valence-corrected chi connectivity index (χ1v) is 8.98. The van der Waals surface area contributed by atoms with Crippen molar-refractivity contribution in [1.82, 2.24) is 14.5 Å². The molecule has 0 unspecified atom stereocenters. The minimum absolute atomic E-state index is 0.193. The SMILES string of the molecule is Cc1cnc(C2CC2)n1C1CCN(C(=O)c2cccs2)CC1. The maximum atomic E-state index is 12.4. The Morgan fingerprint density at radius 3 is 2.68 bits per heavy atom. The summed E-state index contributed by atoms with van der Waals surface area (Å²) in [7, 11) is 0. The average molecular weight is 315 g/mol. The van der Waals surface area contributed by atoms with Gasteiger partial charge in [-0.2, -0.15) is 0 Å². The lowest BCUT2D eigenvalue weighted by Gasteiger charge is -2.33. The molecular formula is C17H21N3OS. The highest BCUT2D eigenvalue weighted by Gasteiger charge is 2.32. The van der Waals surface area contributed by atoms with Crippen molar-refractivity contribution < 1.29 is 4.79 Å². The molecule has 5 heteroatoms. The standard InChI is InChI=1S/C17H21N3OS/c1-12-11-18-16(13-4-5-13)20(12)14-6-8-19(9-7-14)17(21)15-3-2-10-22-15/h2-3,10-11,13-14H,4-9H2,1H3. The summed E-state index contributed by atoms with van der Waals surface area (Å²) in [6.07, 6.45) is 6.65. The van der Waals surface area contributed by atoms with Crippen LogP contribution in [0.15, 0.2) is 23.7 Å². The first kappa shape index (κ1) is 14.0. The van der Waals surface area contributed by atoms with Crippen LogP contribution < -0.4 is 0 Å². The van der Waals surface area contributed by atoms with Crippen molar-refractivity contribution >= 4 is 17.2 Å². The fourth-order valence-corrected chi connectivity index (χ4v) is 4.16. The summed E-state index contributed by atoms with van der Waals surface area (Å²) in [5.41, 5.74) is 1.27. The Hall–Kier alpha value is -1.62. The minimum Gasteiger partial charge on any atom is -0.338 e. The van der Waals surface area contributed by atoms with Crippen molar-refractivity contribution in [3.05, 3.63) is 40.1 Å². The van der Waals surface area contributed by atoms with Crippen molar-refractivity contribution in [3.8, 4) is 0 Å². The molecule has 0 aromatic carbocycles. The Bertz CT molecular complexity index is 664. The summed E-state index contributed by atoms with van der Waals surface area (Å²) in [4.78, 5) is 19.9. The van der Waals surface area contributed by atoms with Crippen LogP contribution >= 0.6 is 11.3 Å². The fraction of sp³-hybridized carbons (Fsp3) is 0.529. The molecular weight excluding hydrogens is 294 g/mol. The molecule has 1 saturated heterocycles. The molecule has 0 bridgehead atoms. The molecule has 4 rings (SSSR count). The van der Waals surface area contributed by atoms with Crippen molar-refractivity contribution in [2.24, 2.45) is 0 Å². The van der Waals surface area contributed by atoms with Gasteiger partial charge in [-0.1, -0.05) is 6.07 Å². The molecule has 2 fully saturated rings. The first-order valence-electron chi connectivity index (χ1n) is 8.10. The van der Waals surface area contributed by atoms with Gasteiger partial charge in [0.2, 0.25) is 0 Å². The Labute approximate surface area is 134 Å². The van der Waals surface area contributed by atoms with Gasteiger partial charge in [-0.3, -0.25) is 4.79 Å². The summed E-state index contributed by atoms with van der Waals surface area (Å²) in [6.45, 7) is 3.86. The number of amides is 1. The number of aromatic nitrogens is 2. The second kappa shape index (κ2) is 5.54. The topological polar surface area (TPSA) is 38.1 Å². The number of likely N-dealkylation sites (tertiary alicyclic amines) is 1. The van der Waals surface area contributed by atoms with Crippen LogP contribution in [0.25, 0.3) is 0 Å². The molecule has 116 valence electrons. The number of carbonyl (C=O) groups excluding carboxylic acids is 1. The molecule has 2 aromatic rings. The maximum Gasteiger partial charge on any atom is 0.263 e. The van der Waals surface area contributed by atoms with Gasteiger partial charge in [0, 0.05) is 36.9 Å². The van der Waals surface area contributed by atoms with Crippen LogP contribution in [0.3, 0.4) is 0 Å². The number of imidazole rings is 1. The quantitative estimate of drug-likeness (QED) is 0.868. The number of aryl methyl sites for hydroxylation is 1. The normalized spacial score (nSPS) is 19.6. The molecule has 1 amide bonds. The Morgan fingerprint density at radius 1 is 1.27 bits per heavy atom. The summed E-state index contributed by atoms with van der Waals surface area (Å²) in [6, 6.07) is 4.37. The third-order valence-corrected chi connectivity index (χ3v) is 5.66. The van der Waals surface area contributed by atoms with Crippen molar-refractivity contribution in [2.75, 3.05) is 13.1 Å². The molecule has 1 saturated carbocycles. The molecule has 0 atom stereocenters. The predicted octanol–water partition coefficient (Wildman–Crippen LogP) is 3.61. The van der Waals surface area contributed by atoms with E-state index in [1.54, 1.807) is 0 Å². The zero-order chi connectivity index (χ0) is 15.1. The third kappa shape index (κ3) is 2.47. The van der Waals surface area contributed by atoms with Gasteiger partial charge in [0.15, 0.2) is 0 Å². The van der Waals surface area contributed by atoms with Crippen LogP contribution in [0, 0.1) is 6.92 Å². The maximum absolute atomic E-state index is 12.4. The Balaban J connectivity index is 1.46. The average Bonchev–Trinajstić information content (AvgIpc) is 3.09. The van der Waals surface area contributed by atoms with Crippen LogP contribution in [0.2, 0.25) is 0 Å². The van der Waals surface area contributed by atoms with E-state index < -0.39 is 0 Å². The van der Waals surface area contributed by atoms with Crippen LogP contribution in [0.1, 0.15) is 58.8 Å². The van der Waals surface area contributed by atoms with E-state index in [0.717, 1.165) is 30.8 Å². The zero-order valence-electron chi connectivity index (χ0n) is 12.9. The second-order valence-corrected chi connectivity index (χ2v) is 7.35. The molecule has 3 heterocycles. The summed E-state index contributed by atoms with van der Waals surface area (Å²) in [5, 5.41) is 1.97. The second-order valence-electron chi connectivity index (χ2n) is 6.40. The number of nitrogens with zero attached hydrogens (tertiary/aromatic N) is 3. The van der Waals surface area contributed by atoms with Crippen LogP contribution in [0.5, 0.6) is 0 Å². The number of rotatable bonds is 3. The van der Waals surface area contributed by atoms with Crippen LogP contribution in [0.4, 0.5) is 0 Å². The smallest absolute Gasteiger partial charge is 0.263 e. The molecule has 2 aliphatic rings. The molecule has 1 aliphatic heterocycles. The summed E-state index contributed by atoms with van der Waals surface area (Å²) >= 11 is 1.53. The van der Waals surface area contributed by atoms with E-state index in [0.29, 0.717) is 12.0 Å². The largest absolute Gasteiger partial charge is 0.338 e. The van der Waals surface area contributed by atoms with E-state index in [-0.39, 0.29) is 5.91 Å². The number of piperidine rings is 1. The zero-order valence-corrected chi connectivity index (χ0v) is 13.7. The van der Waals surface area contributed by atoms with Gasteiger partial charge in [0.1, 0.15) is 5.82 Å². The highest BCUT2D eigenvalue weighted by molar-refractivity contribution is 7.12. The monoisotopic (exact) mass is 315 g/mol. The summed E-state index contributed by atoms with van der Waals surface area (Å²) in [5.74, 6) is 2.15. The van der Waals surface area contributed by atoms with E-state index in [1.807, 2.05) is 28.6 Å². The van der Waals surface area contributed by atoms with Gasteiger partial charge in [0.25, 0.3) is 5.91 Å². The van der Waals surface area contributed by atoms with Crippen molar-refractivity contribution in [2.45, 2.75) is 44.6 Å². The summed E-state index contributed by atoms with van der Waals surface area (Å²) < 4.78 is 2.45. The number of thiophene rings is 1. The van der Waals surface area contributed by atoms with E-state index >= 15 is 0 Å².